The first-order chi connectivity index (χ1) is 10.1. The molecular formula is C15H24N4O2. The van der Waals surface area contributed by atoms with Crippen molar-refractivity contribution in [2.24, 2.45) is 5.92 Å². The molecule has 3 rings (SSSR count). The molecule has 0 aromatic carbocycles. The Morgan fingerprint density at radius 2 is 2.00 bits per heavy atom. The van der Waals surface area contributed by atoms with E-state index < -0.39 is 0 Å². The summed E-state index contributed by atoms with van der Waals surface area (Å²) in [6, 6.07) is 0. The van der Waals surface area contributed by atoms with Crippen LogP contribution in [-0.2, 0) is 4.79 Å². The van der Waals surface area contributed by atoms with E-state index in [0.717, 1.165) is 57.8 Å². The molecule has 0 bridgehead atoms. The van der Waals surface area contributed by atoms with Crippen molar-refractivity contribution in [2.75, 3.05) is 33.2 Å². The number of likely N-dealkylation sites (tertiary alicyclic amines) is 2. The topological polar surface area (TPSA) is 62.5 Å². The highest BCUT2D eigenvalue weighted by atomic mass is 16.5. The summed E-state index contributed by atoms with van der Waals surface area (Å²) in [4.78, 5) is 21.2. The van der Waals surface area contributed by atoms with Gasteiger partial charge in [0, 0.05) is 25.6 Å². The van der Waals surface area contributed by atoms with Gasteiger partial charge in [0.15, 0.2) is 5.82 Å². The van der Waals surface area contributed by atoms with Gasteiger partial charge in [0.25, 0.3) is 0 Å². The van der Waals surface area contributed by atoms with Crippen molar-refractivity contribution in [1.29, 1.82) is 0 Å². The quantitative estimate of drug-likeness (QED) is 0.825. The lowest BCUT2D eigenvalue weighted by Crippen LogP contribution is -2.46. The molecule has 6 heteroatoms. The lowest BCUT2D eigenvalue weighted by atomic mass is 9.93. The van der Waals surface area contributed by atoms with Crippen molar-refractivity contribution in [3.63, 3.8) is 0 Å². The van der Waals surface area contributed by atoms with Crippen LogP contribution in [0.15, 0.2) is 4.52 Å². The van der Waals surface area contributed by atoms with Crippen LogP contribution in [0, 0.1) is 12.8 Å². The summed E-state index contributed by atoms with van der Waals surface area (Å²) in [7, 11) is 2.10. The minimum Gasteiger partial charge on any atom is -0.342 e. The van der Waals surface area contributed by atoms with Crippen LogP contribution in [0.3, 0.4) is 0 Å². The van der Waals surface area contributed by atoms with E-state index in [9.17, 15) is 4.79 Å². The number of hydrogen-bond donors (Lipinski definition) is 0. The number of nitrogens with zero attached hydrogens (tertiary/aromatic N) is 4. The second kappa shape index (κ2) is 6.13. The minimum absolute atomic E-state index is 0.186. The van der Waals surface area contributed by atoms with Crippen LogP contribution in [0.5, 0.6) is 0 Å². The third-order valence-corrected chi connectivity index (χ3v) is 4.67. The fourth-order valence-corrected chi connectivity index (χ4v) is 3.45. The van der Waals surface area contributed by atoms with Crippen LogP contribution in [0.2, 0.25) is 0 Å². The highest BCUT2D eigenvalue weighted by Gasteiger charge is 2.32. The molecule has 1 amide bonds. The van der Waals surface area contributed by atoms with Gasteiger partial charge in [-0.05, 0) is 46.2 Å². The SMILES string of the molecule is Cc1noc(C2CCN(C(=O)C3CCCN(C)C3)CC2)n1. The Morgan fingerprint density at radius 1 is 1.24 bits per heavy atom. The first-order valence-electron chi connectivity index (χ1n) is 7.91. The van der Waals surface area contributed by atoms with Crippen LogP contribution in [0.25, 0.3) is 0 Å². The van der Waals surface area contributed by atoms with E-state index in [4.69, 9.17) is 4.52 Å². The third kappa shape index (κ3) is 3.26. The molecular weight excluding hydrogens is 268 g/mol. The fraction of sp³-hybridized carbons (Fsp3) is 0.800. The van der Waals surface area contributed by atoms with E-state index in [1.807, 2.05) is 11.8 Å². The number of rotatable bonds is 2. The van der Waals surface area contributed by atoms with Crippen molar-refractivity contribution in [1.82, 2.24) is 19.9 Å². The maximum absolute atomic E-state index is 12.6. The second-order valence-electron chi connectivity index (χ2n) is 6.38. The number of carbonyl (C=O) groups excluding carboxylic acids is 1. The molecule has 0 radical (unpaired) electrons. The van der Waals surface area contributed by atoms with Gasteiger partial charge in [-0.15, -0.1) is 0 Å². The molecule has 1 aromatic rings. The minimum atomic E-state index is 0.186. The smallest absolute Gasteiger partial charge is 0.229 e. The molecule has 2 saturated heterocycles. The summed E-state index contributed by atoms with van der Waals surface area (Å²) in [5.74, 6) is 2.25. The summed E-state index contributed by atoms with van der Waals surface area (Å²) in [5.41, 5.74) is 0. The van der Waals surface area contributed by atoms with Crippen molar-refractivity contribution in [3.8, 4) is 0 Å². The van der Waals surface area contributed by atoms with Gasteiger partial charge in [-0.3, -0.25) is 4.79 Å². The average Bonchev–Trinajstić information content (AvgIpc) is 2.93. The molecule has 0 saturated carbocycles. The molecule has 2 aliphatic rings. The molecule has 6 nitrogen and oxygen atoms in total. The molecule has 2 aliphatic heterocycles. The van der Waals surface area contributed by atoms with Gasteiger partial charge in [-0.2, -0.15) is 4.98 Å². The largest absolute Gasteiger partial charge is 0.342 e. The highest BCUT2D eigenvalue weighted by molar-refractivity contribution is 5.79. The number of carbonyl (C=O) groups is 1. The predicted octanol–water partition coefficient (Wildman–Crippen LogP) is 1.43. The normalized spacial score (nSPS) is 25.2. The van der Waals surface area contributed by atoms with E-state index >= 15 is 0 Å². The van der Waals surface area contributed by atoms with Crippen LogP contribution >= 0.6 is 0 Å². The molecule has 3 heterocycles. The molecule has 1 atom stereocenters. The van der Waals surface area contributed by atoms with Gasteiger partial charge >= 0.3 is 0 Å². The lowest BCUT2D eigenvalue weighted by Gasteiger charge is -2.36. The van der Waals surface area contributed by atoms with Gasteiger partial charge in [0.1, 0.15) is 0 Å². The Hall–Kier alpha value is -1.43. The summed E-state index contributed by atoms with van der Waals surface area (Å²) in [6.45, 7) is 5.48. The van der Waals surface area contributed by atoms with Crippen LogP contribution in [0.1, 0.15) is 43.3 Å². The second-order valence-corrected chi connectivity index (χ2v) is 6.38. The van der Waals surface area contributed by atoms with Crippen LogP contribution < -0.4 is 0 Å². The summed E-state index contributed by atoms with van der Waals surface area (Å²) >= 11 is 0. The average molecular weight is 292 g/mol. The van der Waals surface area contributed by atoms with Gasteiger partial charge in [0.2, 0.25) is 11.8 Å². The molecule has 2 fully saturated rings. The van der Waals surface area contributed by atoms with Gasteiger partial charge in [-0.1, -0.05) is 5.16 Å². The monoisotopic (exact) mass is 292 g/mol. The first kappa shape index (κ1) is 14.5. The van der Waals surface area contributed by atoms with E-state index in [2.05, 4.69) is 22.1 Å². The Labute approximate surface area is 125 Å². The zero-order valence-electron chi connectivity index (χ0n) is 12.9. The molecule has 1 unspecified atom stereocenters. The summed E-state index contributed by atoms with van der Waals surface area (Å²) in [6.07, 6.45) is 4.02. The van der Waals surface area contributed by atoms with E-state index in [-0.39, 0.29) is 5.92 Å². The molecule has 0 spiro atoms. The number of aromatic nitrogens is 2. The molecule has 1 aromatic heterocycles. The number of hydrogen-bond acceptors (Lipinski definition) is 5. The van der Waals surface area contributed by atoms with E-state index in [1.54, 1.807) is 0 Å². The van der Waals surface area contributed by atoms with Gasteiger partial charge < -0.3 is 14.3 Å². The fourth-order valence-electron chi connectivity index (χ4n) is 3.45. The van der Waals surface area contributed by atoms with Crippen LogP contribution in [-0.4, -0.2) is 59.1 Å². The van der Waals surface area contributed by atoms with Crippen molar-refractivity contribution < 1.29 is 9.32 Å². The van der Waals surface area contributed by atoms with Crippen molar-refractivity contribution in [3.05, 3.63) is 11.7 Å². The Morgan fingerprint density at radius 3 is 2.62 bits per heavy atom. The predicted molar refractivity (Wildman–Crippen MR) is 77.8 cm³/mol. The maximum Gasteiger partial charge on any atom is 0.229 e. The van der Waals surface area contributed by atoms with Crippen LogP contribution in [0.4, 0.5) is 0 Å². The Kier molecular flexibility index (Phi) is 4.24. The van der Waals surface area contributed by atoms with Gasteiger partial charge in [0.05, 0.1) is 5.92 Å². The first-order valence-corrected chi connectivity index (χ1v) is 7.91. The van der Waals surface area contributed by atoms with Crippen molar-refractivity contribution in [2.45, 2.75) is 38.5 Å². The molecule has 0 N–H and O–H groups in total. The van der Waals surface area contributed by atoms with Gasteiger partial charge in [-0.25, -0.2) is 0 Å². The number of aryl methyl sites for hydroxylation is 1. The summed E-state index contributed by atoms with van der Waals surface area (Å²) in [5, 5.41) is 3.86. The Balaban J connectivity index is 1.54. The lowest BCUT2D eigenvalue weighted by molar-refractivity contribution is -0.138. The highest BCUT2D eigenvalue weighted by Crippen LogP contribution is 2.28. The molecule has 21 heavy (non-hydrogen) atoms. The third-order valence-electron chi connectivity index (χ3n) is 4.67. The number of piperidine rings is 2. The van der Waals surface area contributed by atoms with Crippen molar-refractivity contribution >= 4 is 5.91 Å². The summed E-state index contributed by atoms with van der Waals surface area (Å²) < 4.78 is 5.26. The zero-order valence-corrected chi connectivity index (χ0v) is 12.9. The molecule has 0 aliphatic carbocycles. The van der Waals surface area contributed by atoms with E-state index in [1.165, 1.54) is 0 Å². The number of amides is 1. The standard InChI is InChI=1S/C15H24N4O2/c1-11-16-14(21-17-11)12-5-8-19(9-6-12)15(20)13-4-3-7-18(2)10-13/h12-13H,3-10H2,1-2H3. The molecule has 116 valence electrons. The Bertz CT molecular complexity index is 494. The zero-order chi connectivity index (χ0) is 14.8. The van der Waals surface area contributed by atoms with E-state index in [0.29, 0.717) is 17.6 Å². The maximum atomic E-state index is 12.6.